The summed E-state index contributed by atoms with van der Waals surface area (Å²) in [7, 11) is 0. The highest BCUT2D eigenvalue weighted by atomic mass is 15.1. The van der Waals surface area contributed by atoms with E-state index in [1.54, 1.807) is 0 Å². The van der Waals surface area contributed by atoms with Gasteiger partial charge in [-0.2, -0.15) is 4.58 Å². The molecule has 2 aliphatic heterocycles. The lowest BCUT2D eigenvalue weighted by atomic mass is 9.73. The van der Waals surface area contributed by atoms with Crippen LogP contribution in [0.4, 0.5) is 11.4 Å². The highest BCUT2D eigenvalue weighted by Gasteiger charge is 2.45. The fourth-order valence-corrected chi connectivity index (χ4v) is 7.42. The van der Waals surface area contributed by atoms with E-state index in [1.165, 1.54) is 66.8 Å². The maximum atomic E-state index is 2.55. The first-order chi connectivity index (χ1) is 19.5. The summed E-state index contributed by atoms with van der Waals surface area (Å²) in [5.41, 5.74) is 13.9. The van der Waals surface area contributed by atoms with Gasteiger partial charge in [0, 0.05) is 41.7 Å². The van der Waals surface area contributed by atoms with Gasteiger partial charge in [-0.3, -0.25) is 0 Å². The molecule has 0 unspecified atom stereocenters. The molecule has 0 amide bonds. The van der Waals surface area contributed by atoms with Crippen molar-refractivity contribution in [3.8, 4) is 0 Å². The Morgan fingerprint density at radius 3 is 2.41 bits per heavy atom. The molecule has 0 fully saturated rings. The number of anilines is 1. The van der Waals surface area contributed by atoms with Gasteiger partial charge in [-0.05, 0) is 123 Å². The summed E-state index contributed by atoms with van der Waals surface area (Å²) in [6, 6.07) is 18.2. The van der Waals surface area contributed by atoms with Crippen molar-refractivity contribution in [2.45, 2.75) is 73.6 Å². The fraction of sp³-hybridized carbons (Fsp3) is 0.359. The monoisotopic (exact) mass is 541 g/mol. The Balaban J connectivity index is 1.46. The molecule has 0 atom stereocenters. The Hall–Kier alpha value is -3.65. The van der Waals surface area contributed by atoms with Gasteiger partial charge in [-0.1, -0.05) is 50.3 Å². The van der Waals surface area contributed by atoms with E-state index < -0.39 is 0 Å². The average molecular weight is 542 g/mol. The second kappa shape index (κ2) is 10.0. The molecule has 1 aliphatic carbocycles. The zero-order valence-electron chi connectivity index (χ0n) is 26.2. The van der Waals surface area contributed by atoms with Crippen LogP contribution in [-0.4, -0.2) is 23.4 Å². The quantitative estimate of drug-likeness (QED) is 0.298. The van der Waals surface area contributed by atoms with Crippen LogP contribution >= 0.6 is 0 Å². The van der Waals surface area contributed by atoms with E-state index in [1.807, 2.05) is 0 Å². The van der Waals surface area contributed by atoms with E-state index in [4.69, 9.17) is 0 Å². The van der Waals surface area contributed by atoms with E-state index in [9.17, 15) is 0 Å². The number of allylic oxidation sites excluding steroid dienone is 7. The Labute approximate surface area is 247 Å². The number of hydrogen-bond acceptors (Lipinski definition) is 1. The van der Waals surface area contributed by atoms with Crippen LogP contribution in [0.15, 0.2) is 90.2 Å². The molecule has 0 radical (unpaired) electrons. The molecular formula is C39H45N2+. The van der Waals surface area contributed by atoms with Crippen LogP contribution in [0.3, 0.4) is 0 Å². The van der Waals surface area contributed by atoms with Gasteiger partial charge < -0.3 is 4.90 Å². The molecule has 0 saturated carbocycles. The zero-order chi connectivity index (χ0) is 29.1. The molecule has 3 aromatic rings. The van der Waals surface area contributed by atoms with E-state index in [-0.39, 0.29) is 10.8 Å². The van der Waals surface area contributed by atoms with Crippen LogP contribution in [0.5, 0.6) is 0 Å². The van der Waals surface area contributed by atoms with E-state index in [0.717, 1.165) is 25.9 Å². The first-order valence-corrected chi connectivity index (χ1v) is 15.4. The SMILES string of the molecule is CCN1C=C/C(=C\C2=CC(=C/C3=[N+](CC)c4ccc5ccccc5c4C3(C)C)/CC(C)(C)C2)c2cc(C)c(C)cc21. The molecule has 0 bridgehead atoms. The maximum Gasteiger partial charge on any atom is 0.210 e. The predicted octanol–water partition coefficient (Wildman–Crippen LogP) is 9.96. The average Bonchev–Trinajstić information content (AvgIpc) is 3.14. The first kappa shape index (κ1) is 27.5. The third kappa shape index (κ3) is 4.72. The van der Waals surface area contributed by atoms with Crippen LogP contribution in [0.25, 0.3) is 16.3 Å². The van der Waals surface area contributed by atoms with Gasteiger partial charge in [0.15, 0.2) is 5.71 Å². The van der Waals surface area contributed by atoms with Crippen LogP contribution in [0, 0.1) is 19.3 Å². The van der Waals surface area contributed by atoms with Crippen molar-refractivity contribution in [3.63, 3.8) is 0 Å². The largest absolute Gasteiger partial charge is 0.348 e. The van der Waals surface area contributed by atoms with E-state index in [2.05, 4.69) is 144 Å². The summed E-state index contributed by atoms with van der Waals surface area (Å²) in [5, 5.41) is 2.70. The number of aryl methyl sites for hydroxylation is 2. The summed E-state index contributed by atoms with van der Waals surface area (Å²) >= 11 is 0. The lowest BCUT2D eigenvalue weighted by Gasteiger charge is -2.32. The minimum absolute atomic E-state index is 0.0721. The zero-order valence-corrected chi connectivity index (χ0v) is 26.2. The van der Waals surface area contributed by atoms with Crippen molar-refractivity contribution in [3.05, 3.63) is 112 Å². The van der Waals surface area contributed by atoms with Crippen LogP contribution in [0.2, 0.25) is 0 Å². The molecule has 3 aliphatic rings. The third-order valence-corrected chi connectivity index (χ3v) is 9.48. The van der Waals surface area contributed by atoms with Crippen molar-refractivity contribution in [2.24, 2.45) is 5.41 Å². The molecule has 6 rings (SSSR count). The molecule has 41 heavy (non-hydrogen) atoms. The highest BCUT2D eigenvalue weighted by Crippen LogP contribution is 2.46. The van der Waals surface area contributed by atoms with E-state index >= 15 is 0 Å². The van der Waals surface area contributed by atoms with Gasteiger partial charge in [0.2, 0.25) is 5.69 Å². The second-order valence-electron chi connectivity index (χ2n) is 13.5. The number of fused-ring (bicyclic) bond motifs is 4. The fourth-order valence-electron chi connectivity index (χ4n) is 7.42. The molecule has 0 spiro atoms. The summed E-state index contributed by atoms with van der Waals surface area (Å²) in [4.78, 5) is 2.36. The summed E-state index contributed by atoms with van der Waals surface area (Å²) in [6.45, 7) is 20.6. The smallest absolute Gasteiger partial charge is 0.210 e. The summed E-state index contributed by atoms with van der Waals surface area (Å²) in [5.74, 6) is 0. The molecular weight excluding hydrogens is 496 g/mol. The normalized spacial score (nSPS) is 21.1. The van der Waals surface area contributed by atoms with E-state index in [0.29, 0.717) is 0 Å². The van der Waals surface area contributed by atoms with Gasteiger partial charge in [-0.15, -0.1) is 0 Å². The van der Waals surface area contributed by atoms with Crippen LogP contribution in [0.1, 0.15) is 76.6 Å². The molecule has 210 valence electrons. The van der Waals surface area contributed by atoms with Crippen molar-refractivity contribution in [1.29, 1.82) is 0 Å². The minimum atomic E-state index is -0.0721. The minimum Gasteiger partial charge on any atom is -0.348 e. The summed E-state index contributed by atoms with van der Waals surface area (Å²) < 4.78 is 2.55. The summed E-state index contributed by atoms with van der Waals surface area (Å²) in [6.07, 6.45) is 14.2. The number of hydrogen-bond donors (Lipinski definition) is 0. The molecule has 3 aromatic carbocycles. The van der Waals surface area contributed by atoms with Gasteiger partial charge in [0.1, 0.15) is 6.54 Å². The molecule has 2 nitrogen and oxygen atoms in total. The Bertz CT molecular complexity index is 1720. The van der Waals surface area contributed by atoms with Gasteiger partial charge in [0.05, 0.1) is 5.41 Å². The highest BCUT2D eigenvalue weighted by molar-refractivity contribution is 6.08. The molecule has 2 heteroatoms. The maximum absolute atomic E-state index is 2.55. The molecule has 0 aromatic heterocycles. The van der Waals surface area contributed by atoms with Crippen molar-refractivity contribution in [1.82, 2.24) is 0 Å². The second-order valence-corrected chi connectivity index (χ2v) is 13.5. The van der Waals surface area contributed by atoms with Crippen molar-refractivity contribution >= 4 is 33.4 Å². The number of rotatable bonds is 4. The topological polar surface area (TPSA) is 6.25 Å². The molecule has 2 heterocycles. The molecule has 0 saturated heterocycles. The van der Waals surface area contributed by atoms with Gasteiger partial charge >= 0.3 is 0 Å². The van der Waals surface area contributed by atoms with Crippen LogP contribution in [-0.2, 0) is 5.41 Å². The Morgan fingerprint density at radius 1 is 0.902 bits per heavy atom. The van der Waals surface area contributed by atoms with Gasteiger partial charge in [0.25, 0.3) is 0 Å². The van der Waals surface area contributed by atoms with Crippen LogP contribution < -0.4 is 4.90 Å². The lowest BCUT2D eigenvalue weighted by molar-refractivity contribution is -0.433. The first-order valence-electron chi connectivity index (χ1n) is 15.4. The third-order valence-electron chi connectivity index (χ3n) is 9.48. The lowest BCUT2D eigenvalue weighted by Crippen LogP contribution is -2.29. The Kier molecular flexibility index (Phi) is 6.72. The van der Waals surface area contributed by atoms with Crippen molar-refractivity contribution < 1.29 is 4.58 Å². The molecule has 0 N–H and O–H groups in total. The predicted molar refractivity (Wildman–Crippen MR) is 178 cm³/mol. The Morgan fingerprint density at radius 2 is 1.66 bits per heavy atom. The standard InChI is InChI=1S/C39H45N2/c1-9-40-18-17-31(33-19-26(3)27(4)20-35(33)40)22-28-21-29(25-38(5,6)24-28)23-36-39(7,8)37-32-14-12-11-13-30(32)15-16-34(37)41(36)10-2/h11-23H,9-10,24-25H2,1-8H3/q+1. The number of nitrogens with zero attached hydrogens (tertiary/aromatic N) is 2. The van der Waals surface area contributed by atoms with Crippen molar-refractivity contribution in [2.75, 3.05) is 18.0 Å². The number of benzene rings is 3. The van der Waals surface area contributed by atoms with Gasteiger partial charge in [-0.25, -0.2) is 0 Å².